The molecule has 2 N–H and O–H groups in total. The van der Waals surface area contributed by atoms with Gasteiger partial charge in [0.1, 0.15) is 0 Å². The molecule has 4 heteroatoms. The zero-order chi connectivity index (χ0) is 9.68. The van der Waals surface area contributed by atoms with Gasteiger partial charge in [0.2, 0.25) is 5.78 Å². The Bertz CT molecular complexity index is 309. The van der Waals surface area contributed by atoms with Gasteiger partial charge in [0.05, 0.1) is 5.69 Å². The summed E-state index contributed by atoms with van der Waals surface area (Å²) in [6.07, 6.45) is 0. The molecule has 0 aromatic heterocycles. The number of hydrogen-bond donors (Lipinski definition) is 2. The molecule has 0 spiro atoms. The summed E-state index contributed by atoms with van der Waals surface area (Å²) in [5.41, 5.74) is 5.60. The van der Waals surface area contributed by atoms with Crippen molar-refractivity contribution < 1.29 is 9.59 Å². The van der Waals surface area contributed by atoms with Crippen LogP contribution in [0.1, 0.15) is 6.92 Å². The van der Waals surface area contributed by atoms with Crippen molar-refractivity contribution >= 4 is 17.4 Å². The van der Waals surface area contributed by atoms with Crippen LogP contribution in [0.15, 0.2) is 30.3 Å². The van der Waals surface area contributed by atoms with Crippen LogP contribution in [0, 0.1) is 0 Å². The van der Waals surface area contributed by atoms with Crippen LogP contribution in [-0.2, 0) is 9.59 Å². The first-order valence-corrected chi connectivity index (χ1v) is 3.82. The minimum absolute atomic E-state index is 0.525. The van der Waals surface area contributed by atoms with Gasteiger partial charge in [-0.1, -0.05) is 18.2 Å². The lowest BCUT2D eigenvalue weighted by molar-refractivity contribution is -0.136. The van der Waals surface area contributed by atoms with Gasteiger partial charge in [0.15, 0.2) is 0 Å². The topological polar surface area (TPSA) is 58.2 Å². The van der Waals surface area contributed by atoms with Gasteiger partial charge < -0.3 is 0 Å². The minimum atomic E-state index is -0.649. The fraction of sp³-hybridized carbons (Fsp3) is 0.111. The third kappa shape index (κ3) is 2.94. The standard InChI is InChI=1S/C9H10N2O2/c1-7(12)9(13)11-10-8-5-3-2-4-6-8/h2-6,10H,1H3,(H,11,13). The quantitative estimate of drug-likeness (QED) is 0.529. The summed E-state index contributed by atoms with van der Waals surface area (Å²) in [5.74, 6) is -1.17. The highest BCUT2D eigenvalue weighted by molar-refractivity contribution is 6.35. The molecule has 1 amide bonds. The first-order chi connectivity index (χ1) is 6.20. The van der Waals surface area contributed by atoms with Crippen molar-refractivity contribution in [2.45, 2.75) is 6.92 Å². The van der Waals surface area contributed by atoms with Crippen LogP contribution in [0.4, 0.5) is 5.69 Å². The number of hydrogen-bond acceptors (Lipinski definition) is 3. The maximum atomic E-state index is 10.8. The normalized spacial score (nSPS) is 9.00. The molecule has 1 aromatic carbocycles. The van der Waals surface area contributed by atoms with Crippen molar-refractivity contribution in [3.63, 3.8) is 0 Å². The van der Waals surface area contributed by atoms with E-state index in [1.165, 1.54) is 6.92 Å². The van der Waals surface area contributed by atoms with Crippen LogP contribution in [0.5, 0.6) is 0 Å². The maximum Gasteiger partial charge on any atom is 0.305 e. The van der Waals surface area contributed by atoms with E-state index in [1.807, 2.05) is 18.2 Å². The summed E-state index contributed by atoms with van der Waals surface area (Å²) >= 11 is 0. The number of hydrazine groups is 1. The predicted octanol–water partition coefficient (Wildman–Crippen LogP) is 0.719. The van der Waals surface area contributed by atoms with E-state index in [-0.39, 0.29) is 0 Å². The number of benzene rings is 1. The fourth-order valence-corrected chi connectivity index (χ4v) is 0.738. The zero-order valence-electron chi connectivity index (χ0n) is 7.20. The fourth-order valence-electron chi connectivity index (χ4n) is 0.738. The molecule has 0 atom stereocenters. The molecule has 0 heterocycles. The summed E-state index contributed by atoms with van der Waals surface area (Å²) in [5, 5.41) is 0. The van der Waals surface area contributed by atoms with E-state index in [1.54, 1.807) is 12.1 Å². The van der Waals surface area contributed by atoms with E-state index in [2.05, 4.69) is 10.9 Å². The van der Waals surface area contributed by atoms with Crippen LogP contribution in [0.25, 0.3) is 0 Å². The molecule has 0 fully saturated rings. The largest absolute Gasteiger partial charge is 0.305 e. The molecule has 0 aliphatic rings. The zero-order valence-corrected chi connectivity index (χ0v) is 7.20. The van der Waals surface area contributed by atoms with Crippen molar-refractivity contribution in [2.24, 2.45) is 0 Å². The number of carbonyl (C=O) groups excluding carboxylic acids is 2. The van der Waals surface area contributed by atoms with E-state index in [0.29, 0.717) is 0 Å². The number of anilines is 1. The average molecular weight is 178 g/mol. The highest BCUT2D eigenvalue weighted by atomic mass is 16.2. The molecule has 1 rings (SSSR count). The third-order valence-corrected chi connectivity index (χ3v) is 1.41. The van der Waals surface area contributed by atoms with E-state index in [9.17, 15) is 9.59 Å². The molecule has 0 radical (unpaired) electrons. The number of Topliss-reactive ketones (excluding diaryl/α,β-unsaturated/α-hetero) is 1. The van der Waals surface area contributed by atoms with E-state index >= 15 is 0 Å². The van der Waals surface area contributed by atoms with Crippen LogP contribution in [-0.4, -0.2) is 11.7 Å². The van der Waals surface area contributed by atoms with E-state index in [4.69, 9.17) is 0 Å². The lowest BCUT2D eigenvalue weighted by Crippen LogP contribution is -2.33. The van der Waals surface area contributed by atoms with Gasteiger partial charge in [-0.05, 0) is 12.1 Å². The van der Waals surface area contributed by atoms with Crippen LogP contribution >= 0.6 is 0 Å². The van der Waals surface area contributed by atoms with Gasteiger partial charge >= 0.3 is 5.91 Å². The molecule has 0 saturated carbocycles. The molecule has 0 unspecified atom stereocenters. The van der Waals surface area contributed by atoms with Gasteiger partial charge in [-0.15, -0.1) is 0 Å². The second-order valence-electron chi connectivity index (χ2n) is 2.50. The minimum Gasteiger partial charge on any atom is -0.298 e. The second-order valence-corrected chi connectivity index (χ2v) is 2.50. The molecule has 0 aliphatic carbocycles. The van der Waals surface area contributed by atoms with Crippen molar-refractivity contribution in [1.29, 1.82) is 0 Å². The number of ketones is 1. The van der Waals surface area contributed by atoms with Crippen molar-refractivity contribution in [2.75, 3.05) is 5.43 Å². The predicted molar refractivity (Wildman–Crippen MR) is 48.9 cm³/mol. The molecule has 0 saturated heterocycles. The Morgan fingerprint density at radius 1 is 1.15 bits per heavy atom. The number of rotatable bonds is 3. The summed E-state index contributed by atoms with van der Waals surface area (Å²) in [6.45, 7) is 1.21. The Balaban J connectivity index is 2.44. The van der Waals surface area contributed by atoms with Crippen LogP contribution in [0.2, 0.25) is 0 Å². The van der Waals surface area contributed by atoms with Crippen LogP contribution in [0.3, 0.4) is 0 Å². The van der Waals surface area contributed by atoms with Crippen LogP contribution < -0.4 is 10.9 Å². The SMILES string of the molecule is CC(=O)C(=O)NNc1ccccc1. The van der Waals surface area contributed by atoms with Crippen molar-refractivity contribution in [1.82, 2.24) is 5.43 Å². The number of para-hydroxylation sites is 1. The van der Waals surface area contributed by atoms with E-state index < -0.39 is 11.7 Å². The Labute approximate surface area is 75.9 Å². The van der Waals surface area contributed by atoms with Gasteiger partial charge in [-0.25, -0.2) is 0 Å². The lowest BCUT2D eigenvalue weighted by Gasteiger charge is -2.05. The lowest BCUT2D eigenvalue weighted by atomic mass is 10.3. The number of nitrogens with one attached hydrogen (secondary N) is 2. The molecule has 0 bridgehead atoms. The molecule has 4 nitrogen and oxygen atoms in total. The van der Waals surface area contributed by atoms with E-state index in [0.717, 1.165) is 5.69 Å². The monoisotopic (exact) mass is 178 g/mol. The number of amides is 1. The average Bonchev–Trinajstić information content (AvgIpc) is 2.15. The summed E-state index contributed by atoms with van der Waals surface area (Å²) in [7, 11) is 0. The van der Waals surface area contributed by atoms with Gasteiger partial charge in [-0.3, -0.25) is 20.4 Å². The Morgan fingerprint density at radius 3 is 2.31 bits per heavy atom. The second kappa shape index (κ2) is 4.25. The highest BCUT2D eigenvalue weighted by Crippen LogP contribution is 2.02. The van der Waals surface area contributed by atoms with Gasteiger partial charge in [0, 0.05) is 6.92 Å². The first kappa shape index (κ1) is 9.25. The van der Waals surface area contributed by atoms with Gasteiger partial charge in [-0.2, -0.15) is 0 Å². The van der Waals surface area contributed by atoms with Crippen molar-refractivity contribution in [3.8, 4) is 0 Å². The number of carbonyl (C=O) groups is 2. The molecule has 68 valence electrons. The first-order valence-electron chi connectivity index (χ1n) is 3.82. The molecule has 1 aromatic rings. The maximum absolute atomic E-state index is 10.8. The Morgan fingerprint density at radius 2 is 1.77 bits per heavy atom. The molecular formula is C9H10N2O2. The Hall–Kier alpha value is -1.84. The molecule has 0 aliphatic heterocycles. The Kier molecular flexibility index (Phi) is 3.03. The molecular weight excluding hydrogens is 168 g/mol. The summed E-state index contributed by atoms with van der Waals surface area (Å²) < 4.78 is 0. The van der Waals surface area contributed by atoms with Gasteiger partial charge in [0.25, 0.3) is 0 Å². The third-order valence-electron chi connectivity index (χ3n) is 1.41. The summed E-state index contributed by atoms with van der Waals surface area (Å²) in [6, 6.07) is 9.06. The van der Waals surface area contributed by atoms with Crippen molar-refractivity contribution in [3.05, 3.63) is 30.3 Å². The smallest absolute Gasteiger partial charge is 0.298 e. The molecule has 13 heavy (non-hydrogen) atoms. The highest BCUT2D eigenvalue weighted by Gasteiger charge is 2.04. The summed E-state index contributed by atoms with van der Waals surface area (Å²) in [4.78, 5) is 21.3.